The number of anilines is 1. The van der Waals surface area contributed by atoms with E-state index >= 15 is 0 Å². The van der Waals surface area contributed by atoms with E-state index in [0.717, 1.165) is 6.42 Å². The molecule has 21 heavy (non-hydrogen) atoms. The Kier molecular flexibility index (Phi) is 3.41. The molecule has 0 saturated heterocycles. The van der Waals surface area contributed by atoms with Gasteiger partial charge in [0, 0.05) is 18.5 Å². The maximum absolute atomic E-state index is 12.4. The minimum atomic E-state index is -0.126. The third kappa shape index (κ3) is 2.51. The Hall–Kier alpha value is -2.30. The molecule has 110 valence electrons. The topological polar surface area (TPSA) is 72.9 Å². The van der Waals surface area contributed by atoms with Crippen molar-refractivity contribution >= 4 is 11.6 Å². The smallest absolute Gasteiger partial charge is 0.271 e. The summed E-state index contributed by atoms with van der Waals surface area (Å²) in [5.74, 6) is 0.286. The van der Waals surface area contributed by atoms with Gasteiger partial charge in [-0.05, 0) is 25.8 Å². The molecule has 1 aliphatic rings. The lowest BCUT2D eigenvalue weighted by Crippen LogP contribution is -2.29. The Labute approximate surface area is 124 Å². The van der Waals surface area contributed by atoms with E-state index in [1.54, 1.807) is 4.68 Å². The fourth-order valence-electron chi connectivity index (χ4n) is 2.72. The highest BCUT2D eigenvalue weighted by Gasteiger charge is 2.40. The molecule has 1 aromatic carbocycles. The van der Waals surface area contributed by atoms with Crippen molar-refractivity contribution in [2.75, 3.05) is 5.73 Å². The summed E-state index contributed by atoms with van der Waals surface area (Å²) in [5.41, 5.74) is 8.92. The number of benzene rings is 1. The predicted octanol–water partition coefficient (Wildman–Crippen LogP) is 2.08. The first-order valence-corrected chi connectivity index (χ1v) is 7.30. The van der Waals surface area contributed by atoms with Crippen molar-refractivity contribution in [2.24, 2.45) is 0 Å². The van der Waals surface area contributed by atoms with Crippen LogP contribution in [0.3, 0.4) is 0 Å². The number of hydrogen-bond donors (Lipinski definition) is 2. The second kappa shape index (κ2) is 5.24. The Morgan fingerprint density at radius 1 is 1.43 bits per heavy atom. The molecule has 1 aliphatic carbocycles. The van der Waals surface area contributed by atoms with Crippen molar-refractivity contribution in [2.45, 2.75) is 38.8 Å². The Balaban J connectivity index is 1.71. The zero-order chi connectivity index (χ0) is 15.0. The van der Waals surface area contributed by atoms with E-state index in [1.807, 2.05) is 32.0 Å². The van der Waals surface area contributed by atoms with Gasteiger partial charge >= 0.3 is 0 Å². The third-order valence-electron chi connectivity index (χ3n) is 4.02. The number of amides is 1. The quantitative estimate of drug-likeness (QED) is 0.902. The van der Waals surface area contributed by atoms with E-state index in [2.05, 4.69) is 22.5 Å². The van der Waals surface area contributed by atoms with Crippen LogP contribution in [0.1, 0.15) is 41.0 Å². The summed E-state index contributed by atoms with van der Waals surface area (Å²) >= 11 is 0. The van der Waals surface area contributed by atoms with Crippen LogP contribution in [0.25, 0.3) is 0 Å². The van der Waals surface area contributed by atoms with Gasteiger partial charge in [0.15, 0.2) is 0 Å². The summed E-state index contributed by atoms with van der Waals surface area (Å²) in [7, 11) is 0. The second-order valence-corrected chi connectivity index (χ2v) is 5.50. The van der Waals surface area contributed by atoms with Gasteiger partial charge in [-0.1, -0.05) is 30.3 Å². The van der Waals surface area contributed by atoms with Gasteiger partial charge in [-0.15, -0.1) is 0 Å². The molecule has 2 unspecified atom stereocenters. The van der Waals surface area contributed by atoms with Gasteiger partial charge in [0.05, 0.1) is 11.4 Å². The van der Waals surface area contributed by atoms with Gasteiger partial charge in [-0.25, -0.2) is 0 Å². The molecule has 0 radical (unpaired) electrons. The standard InChI is InChI=1S/C16H20N4O/c1-3-20-15(14(17)10(2)19-20)16(21)18-13-9-12(13)11-7-5-4-6-8-11/h4-8,12-13H,3,9,17H2,1-2H3,(H,18,21). The van der Waals surface area contributed by atoms with Gasteiger partial charge in [-0.2, -0.15) is 5.10 Å². The van der Waals surface area contributed by atoms with E-state index in [0.29, 0.717) is 29.5 Å². The number of nitrogen functional groups attached to an aromatic ring is 1. The average Bonchev–Trinajstić information content (AvgIpc) is 3.19. The van der Waals surface area contributed by atoms with Crippen molar-refractivity contribution in [3.63, 3.8) is 0 Å². The number of carbonyl (C=O) groups excluding carboxylic acids is 1. The van der Waals surface area contributed by atoms with Crippen LogP contribution in [0.2, 0.25) is 0 Å². The number of nitrogens with one attached hydrogen (secondary N) is 1. The van der Waals surface area contributed by atoms with E-state index in [4.69, 9.17) is 5.73 Å². The molecule has 5 nitrogen and oxygen atoms in total. The van der Waals surface area contributed by atoms with Crippen LogP contribution in [-0.2, 0) is 6.54 Å². The fraction of sp³-hybridized carbons (Fsp3) is 0.375. The molecular weight excluding hydrogens is 264 g/mol. The summed E-state index contributed by atoms with van der Waals surface area (Å²) in [4.78, 5) is 12.4. The Morgan fingerprint density at radius 2 is 2.14 bits per heavy atom. The van der Waals surface area contributed by atoms with Gasteiger partial charge in [0.2, 0.25) is 0 Å². The lowest BCUT2D eigenvalue weighted by atomic mass is 10.1. The Bertz CT molecular complexity index is 662. The van der Waals surface area contributed by atoms with Gasteiger partial charge in [0.1, 0.15) is 5.69 Å². The summed E-state index contributed by atoms with van der Waals surface area (Å²) < 4.78 is 1.67. The summed E-state index contributed by atoms with van der Waals surface area (Å²) in [6.07, 6.45) is 0.981. The third-order valence-corrected chi connectivity index (χ3v) is 4.02. The normalized spacial score (nSPS) is 20.3. The highest BCUT2D eigenvalue weighted by Crippen LogP contribution is 2.40. The molecule has 0 spiro atoms. The van der Waals surface area contributed by atoms with Crippen LogP contribution in [-0.4, -0.2) is 21.7 Å². The molecule has 0 aliphatic heterocycles. The van der Waals surface area contributed by atoms with Crippen molar-refractivity contribution in [1.82, 2.24) is 15.1 Å². The minimum Gasteiger partial charge on any atom is -0.395 e. The molecule has 2 aromatic rings. The molecule has 1 aromatic heterocycles. The molecule has 1 saturated carbocycles. The zero-order valence-corrected chi connectivity index (χ0v) is 12.3. The number of nitrogens with zero attached hydrogens (tertiary/aromatic N) is 2. The number of aryl methyl sites for hydroxylation is 2. The molecular formula is C16H20N4O. The maximum Gasteiger partial charge on any atom is 0.271 e. The zero-order valence-electron chi connectivity index (χ0n) is 12.3. The lowest BCUT2D eigenvalue weighted by Gasteiger charge is -2.07. The van der Waals surface area contributed by atoms with E-state index in [-0.39, 0.29) is 11.9 Å². The van der Waals surface area contributed by atoms with Crippen LogP contribution >= 0.6 is 0 Å². The lowest BCUT2D eigenvalue weighted by molar-refractivity contribution is 0.0940. The first kappa shape index (κ1) is 13.7. The number of rotatable bonds is 4. The predicted molar refractivity (Wildman–Crippen MR) is 82.1 cm³/mol. The monoisotopic (exact) mass is 284 g/mol. The molecule has 1 fully saturated rings. The van der Waals surface area contributed by atoms with E-state index in [9.17, 15) is 4.79 Å². The van der Waals surface area contributed by atoms with Crippen LogP contribution < -0.4 is 11.1 Å². The van der Waals surface area contributed by atoms with Crippen molar-refractivity contribution in [3.8, 4) is 0 Å². The molecule has 1 heterocycles. The molecule has 3 N–H and O–H groups in total. The van der Waals surface area contributed by atoms with Crippen molar-refractivity contribution in [1.29, 1.82) is 0 Å². The van der Waals surface area contributed by atoms with Gasteiger partial charge in [0.25, 0.3) is 5.91 Å². The van der Waals surface area contributed by atoms with Gasteiger partial charge in [-0.3, -0.25) is 9.48 Å². The molecule has 5 heteroatoms. The van der Waals surface area contributed by atoms with Crippen LogP contribution in [0.4, 0.5) is 5.69 Å². The molecule has 3 rings (SSSR count). The number of carbonyl (C=O) groups is 1. The Morgan fingerprint density at radius 3 is 2.81 bits per heavy atom. The van der Waals surface area contributed by atoms with E-state index in [1.165, 1.54) is 5.56 Å². The largest absolute Gasteiger partial charge is 0.395 e. The fourth-order valence-corrected chi connectivity index (χ4v) is 2.72. The first-order valence-electron chi connectivity index (χ1n) is 7.30. The number of hydrogen-bond acceptors (Lipinski definition) is 3. The van der Waals surface area contributed by atoms with E-state index < -0.39 is 0 Å². The van der Waals surface area contributed by atoms with Crippen LogP contribution in [0.15, 0.2) is 30.3 Å². The molecule has 0 bridgehead atoms. The van der Waals surface area contributed by atoms with Crippen molar-refractivity contribution in [3.05, 3.63) is 47.3 Å². The average molecular weight is 284 g/mol. The van der Waals surface area contributed by atoms with Crippen molar-refractivity contribution < 1.29 is 4.79 Å². The summed E-state index contributed by atoms with van der Waals surface area (Å²) in [6, 6.07) is 10.5. The summed E-state index contributed by atoms with van der Waals surface area (Å²) in [6.45, 7) is 4.41. The highest BCUT2D eigenvalue weighted by atomic mass is 16.2. The maximum atomic E-state index is 12.4. The summed E-state index contributed by atoms with van der Waals surface area (Å²) in [5, 5.41) is 7.35. The number of nitrogens with two attached hydrogens (primary N) is 1. The first-order chi connectivity index (χ1) is 10.1. The highest BCUT2D eigenvalue weighted by molar-refractivity contribution is 5.98. The van der Waals surface area contributed by atoms with Crippen LogP contribution in [0, 0.1) is 6.92 Å². The molecule has 2 atom stereocenters. The minimum absolute atomic E-state index is 0.126. The molecule has 1 amide bonds. The van der Waals surface area contributed by atoms with Crippen LogP contribution in [0.5, 0.6) is 0 Å². The second-order valence-electron chi connectivity index (χ2n) is 5.50. The SMILES string of the molecule is CCn1nc(C)c(N)c1C(=O)NC1CC1c1ccccc1. The van der Waals surface area contributed by atoms with Gasteiger partial charge < -0.3 is 11.1 Å². The number of aromatic nitrogens is 2.